The molecular weight excluding hydrogens is 1330 g/mol. The molecule has 2 fully saturated rings. The van der Waals surface area contributed by atoms with Crippen LogP contribution < -0.4 is 24.9 Å². The van der Waals surface area contributed by atoms with Gasteiger partial charge in [-0.15, -0.1) is 0 Å². The van der Waals surface area contributed by atoms with Gasteiger partial charge >= 0.3 is 229 Å². The topological polar surface area (TPSA) is 84.7 Å². The molecule has 86 heavy (non-hydrogen) atoms. The van der Waals surface area contributed by atoms with E-state index in [1.165, 1.54) is 92.2 Å². The van der Waals surface area contributed by atoms with Crippen molar-refractivity contribution < 1.29 is 46.1 Å². The number of para-hydroxylation sites is 3. The quantitative estimate of drug-likeness (QED) is 0.0450. The normalized spacial score (nSPS) is 13.7. The number of ketones is 1. The van der Waals surface area contributed by atoms with Crippen molar-refractivity contribution >= 4 is 88.1 Å². The van der Waals surface area contributed by atoms with Gasteiger partial charge < -0.3 is 19.6 Å². The minimum absolute atomic E-state index is 0.0423. The van der Waals surface area contributed by atoms with E-state index >= 15 is 0 Å². The van der Waals surface area contributed by atoms with Crippen LogP contribution in [0.4, 0.5) is 28.4 Å². The van der Waals surface area contributed by atoms with Crippen molar-refractivity contribution in [3.63, 3.8) is 0 Å². The van der Waals surface area contributed by atoms with Crippen molar-refractivity contribution in [3.05, 3.63) is 183 Å². The number of nitrogens with one attached hydrogen (secondary N) is 1. The Kier molecular flexibility index (Phi) is 28.4. The third-order valence-corrected chi connectivity index (χ3v) is 18.5. The number of halogens is 4. The van der Waals surface area contributed by atoms with Crippen LogP contribution in [0.5, 0.6) is 11.5 Å². The van der Waals surface area contributed by atoms with Crippen molar-refractivity contribution in [2.45, 2.75) is 167 Å². The Morgan fingerprint density at radius 1 is 0.477 bits per heavy atom. The zero-order valence-electron chi connectivity index (χ0n) is 54.1. The van der Waals surface area contributed by atoms with Crippen molar-refractivity contribution in [1.82, 2.24) is 0 Å². The Bertz CT molecular complexity index is 3100. The van der Waals surface area contributed by atoms with E-state index in [0.717, 1.165) is 54.5 Å². The maximum Gasteiger partial charge on any atom is 0.0156 e. The summed E-state index contributed by atoms with van der Waals surface area (Å²) in [6.07, 6.45) is -0.143. The molecule has 0 aromatic heterocycles. The van der Waals surface area contributed by atoms with Gasteiger partial charge in [0.2, 0.25) is 0 Å². The average Bonchev–Trinajstić information content (AvgIpc) is 1.90. The van der Waals surface area contributed by atoms with E-state index in [4.69, 9.17) is 38.8 Å². The molecule has 0 spiro atoms. The molecule has 2 heterocycles. The van der Waals surface area contributed by atoms with Gasteiger partial charge in [-0.3, -0.25) is 0 Å². The third-order valence-electron chi connectivity index (χ3n) is 14.8. The summed E-state index contributed by atoms with van der Waals surface area (Å²) in [5, 5.41) is 2.73. The van der Waals surface area contributed by atoms with Crippen LogP contribution in [0.3, 0.4) is 0 Å². The van der Waals surface area contributed by atoms with Gasteiger partial charge in [0.15, 0.2) is 0 Å². The standard InChI is InChI=1S/C27H39N2.C21H27N2.C12H15NO2.C11H12O2.4ClH.2Ru/c1-18(2)22-11-9-12-23(19(3)4)26(22)28-15-16-29(17-28)27-24(20(5)6)13-10-14-25(27)21(7)8;1-14-9-16(3)20(17(4)10-14)22-7-8-23(13-22)21-18(5)11-15(2)12-19(21)6;1-8(2)15-12-6-5-11(7-9(12)3)13-10(4)14;1-8-6-4-5-7-11(8)13-10(3)9(2)12;;;;;;/h9-14,17-21H,15-16H2,1-8H3;9-13H,7-8H2,1-6H3;3,5-8H,1-2,4H3,(H,13,14);1,4-7,10H,2-3H3;4*1H;;/q2*-1;;;;;;;2*+2/p-2. The van der Waals surface area contributed by atoms with Crippen molar-refractivity contribution in [3.8, 4) is 11.5 Å². The van der Waals surface area contributed by atoms with Gasteiger partial charge in [0.05, 0.1) is 0 Å². The van der Waals surface area contributed by atoms with Gasteiger partial charge in [-0.2, -0.15) is 13.3 Å². The monoisotopic (exact) mass is 1430 g/mol. The molecule has 1 atom stereocenters. The van der Waals surface area contributed by atoms with Crippen LogP contribution in [0, 0.1) is 54.9 Å². The zero-order chi connectivity index (χ0) is 63.9. The van der Waals surface area contributed by atoms with Crippen LogP contribution in [0.2, 0.25) is 0 Å². The molecule has 1 amide bonds. The summed E-state index contributed by atoms with van der Waals surface area (Å²) in [6, 6.07) is 35.9. The minimum Gasteiger partial charge on any atom is -0.502 e. The second-order valence-corrected chi connectivity index (χ2v) is 35.4. The second-order valence-electron chi connectivity index (χ2n) is 24.0. The van der Waals surface area contributed by atoms with Crippen molar-refractivity contribution in [2.24, 2.45) is 0 Å². The zero-order valence-corrected chi connectivity index (χ0v) is 60.6. The van der Waals surface area contributed by atoms with Crippen LogP contribution in [0.25, 0.3) is 0 Å². The molecule has 2 aliphatic rings. The SMILES string of the molecule is CC(=O)C(C)[OH+]c1ccccc1[CH]=[Ru]([Cl])[Cl].CC(=O)Nc1ccc([OH+]C(C)C)c([CH]=[Ru]([Cl])[Cl])c1.CC(C)c1cccc(C(C)C)c1N1[CH-]N(c2c(C(C)C)cccc2C(C)C)CC1.Cc1cc(C)c(N2[CH-]N(c3c(C)cc(C)cc3C)CC2)c(C)c1. The molecule has 472 valence electrons. The second kappa shape index (κ2) is 33.8. The minimum atomic E-state index is -1.92. The van der Waals surface area contributed by atoms with E-state index in [-0.39, 0.29) is 23.9 Å². The van der Waals surface area contributed by atoms with Crippen LogP contribution in [0.15, 0.2) is 103 Å². The number of hydrogen-bond donors (Lipinski definition) is 1. The summed E-state index contributed by atoms with van der Waals surface area (Å²) < 4.78 is 12.5. The molecule has 0 radical (unpaired) electrons. The molecule has 6 aromatic rings. The number of hydrogen-bond acceptors (Lipinski definition) is 6. The molecule has 6 aromatic carbocycles. The van der Waals surface area contributed by atoms with Gasteiger partial charge in [-0.1, -0.05) is 127 Å². The van der Waals surface area contributed by atoms with Crippen molar-refractivity contribution in [2.75, 3.05) is 51.1 Å². The predicted octanol–water partition coefficient (Wildman–Crippen LogP) is 19.0. The van der Waals surface area contributed by atoms with Crippen LogP contribution in [0.1, 0.15) is 180 Å². The Labute approximate surface area is 543 Å². The maximum absolute atomic E-state index is 11.1. The number of rotatable bonds is 16. The van der Waals surface area contributed by atoms with Crippen LogP contribution in [-0.2, 0) is 36.6 Å². The fourth-order valence-corrected chi connectivity index (χ4v) is 14.7. The Balaban J connectivity index is 0.000000215. The van der Waals surface area contributed by atoms with E-state index in [1.807, 2.05) is 65.5 Å². The van der Waals surface area contributed by atoms with Gasteiger partial charge in [-0.05, 0) is 110 Å². The predicted molar refractivity (Wildman–Crippen MR) is 368 cm³/mol. The number of benzene rings is 6. The molecule has 2 saturated heterocycles. The number of carbonyl (C=O) groups excluding carboxylic acids is 2. The van der Waals surface area contributed by atoms with E-state index in [0.29, 0.717) is 23.7 Å². The number of aliphatic hydroxyl groups is 2. The summed E-state index contributed by atoms with van der Waals surface area (Å²) in [5.41, 5.74) is 22.0. The molecule has 15 heteroatoms. The first-order chi connectivity index (χ1) is 40.5. The van der Waals surface area contributed by atoms with Crippen LogP contribution in [-0.4, -0.2) is 68.8 Å². The summed E-state index contributed by atoms with van der Waals surface area (Å²) in [7, 11) is 23.5. The largest absolute Gasteiger partial charge is 0.502 e. The number of aryl methyl sites for hydroxylation is 6. The van der Waals surface area contributed by atoms with Crippen LogP contribution >= 0.6 is 38.8 Å². The van der Waals surface area contributed by atoms with E-state index in [2.05, 4.69) is 205 Å². The Hall–Kier alpha value is -4.59. The fraction of sp³-hybridized carbons (Fsp3) is 0.408. The number of ether oxygens (including phenoxy) is 2. The molecule has 0 aliphatic carbocycles. The van der Waals surface area contributed by atoms with Crippen molar-refractivity contribution in [1.29, 1.82) is 0 Å². The maximum atomic E-state index is 11.1. The first kappa shape index (κ1) is 72.2. The molecule has 9 nitrogen and oxygen atoms in total. The Morgan fingerprint density at radius 3 is 1.19 bits per heavy atom. The number of amides is 1. The summed E-state index contributed by atoms with van der Waals surface area (Å²) in [6.45, 7) is 49.2. The van der Waals surface area contributed by atoms with Gasteiger partial charge in [-0.25, -0.2) is 0 Å². The molecular formula is C71H95Cl4N5O4Ru2. The van der Waals surface area contributed by atoms with E-state index in [9.17, 15) is 9.59 Å². The number of aromatic hydroxyl groups is 2. The summed E-state index contributed by atoms with van der Waals surface area (Å²) >= 11 is -3.78. The summed E-state index contributed by atoms with van der Waals surface area (Å²) in [4.78, 5) is 32.0. The number of Topliss-reactive ketones (excluding diaryl/α,β-unsaturated/α-hetero) is 1. The van der Waals surface area contributed by atoms with E-state index < -0.39 is 27.0 Å². The number of carbonyl (C=O) groups is 2. The third kappa shape index (κ3) is 20.7. The van der Waals surface area contributed by atoms with Gasteiger partial charge in [0.25, 0.3) is 0 Å². The fourth-order valence-electron chi connectivity index (χ4n) is 11.1. The molecule has 2 aliphatic heterocycles. The van der Waals surface area contributed by atoms with Gasteiger partial charge in [0, 0.05) is 48.9 Å². The smallest absolute Gasteiger partial charge is 0.0156 e. The molecule has 8 rings (SSSR count). The number of nitrogens with zero attached hydrogens (tertiary/aromatic N) is 4. The Morgan fingerprint density at radius 2 is 0.837 bits per heavy atom. The van der Waals surface area contributed by atoms with Gasteiger partial charge in [0.1, 0.15) is 0 Å². The average molecular weight is 1430 g/mol. The molecule has 0 saturated carbocycles. The first-order valence-electron chi connectivity index (χ1n) is 29.7. The number of anilines is 5. The molecule has 1 unspecified atom stereocenters. The first-order valence-corrected chi connectivity index (χ1v) is 40.7. The molecule has 3 N–H and O–H groups in total. The van der Waals surface area contributed by atoms with E-state index in [1.54, 1.807) is 6.92 Å². The summed E-state index contributed by atoms with van der Waals surface area (Å²) in [5.74, 6) is 3.60. The molecule has 0 bridgehead atoms.